The number of primary amides is 1. The van der Waals surface area contributed by atoms with E-state index in [1.807, 2.05) is 6.92 Å². The van der Waals surface area contributed by atoms with E-state index in [1.54, 1.807) is 24.3 Å². The van der Waals surface area contributed by atoms with Crippen LogP contribution in [0, 0.1) is 11.8 Å². The number of aromatic nitrogens is 2. The fourth-order valence-corrected chi connectivity index (χ4v) is 3.57. The van der Waals surface area contributed by atoms with Crippen LogP contribution in [0.2, 0.25) is 0 Å². The second-order valence-corrected chi connectivity index (χ2v) is 6.76. The molecule has 1 amide bonds. The summed E-state index contributed by atoms with van der Waals surface area (Å²) in [6.07, 6.45) is 2.90. The zero-order chi connectivity index (χ0) is 20.6. The molecule has 0 fully saturated rings. The van der Waals surface area contributed by atoms with Crippen molar-refractivity contribution in [2.24, 2.45) is 10.7 Å². The summed E-state index contributed by atoms with van der Waals surface area (Å²) in [5.74, 6) is -1.11. The summed E-state index contributed by atoms with van der Waals surface area (Å²) in [4.78, 5) is 24.3. The minimum Gasteiger partial charge on any atom is -0.366 e. The molecule has 0 aliphatic carbocycles. The van der Waals surface area contributed by atoms with Gasteiger partial charge in [-0.05, 0) is 42.8 Å². The third-order valence-corrected chi connectivity index (χ3v) is 5.03. The van der Waals surface area contributed by atoms with Crippen LogP contribution in [0.25, 0.3) is 0 Å². The second kappa shape index (κ2) is 7.05. The van der Waals surface area contributed by atoms with E-state index >= 15 is 0 Å². The van der Waals surface area contributed by atoms with Gasteiger partial charge in [-0.3, -0.25) is 14.8 Å². The number of pyridine rings is 2. The van der Waals surface area contributed by atoms with Crippen LogP contribution in [0.3, 0.4) is 0 Å². The first-order chi connectivity index (χ1) is 13.9. The molecule has 2 aromatic heterocycles. The molecule has 0 unspecified atom stereocenters. The first kappa shape index (κ1) is 18.7. The van der Waals surface area contributed by atoms with Crippen molar-refractivity contribution in [2.45, 2.75) is 18.5 Å². The average molecular weight is 393 g/mol. The van der Waals surface area contributed by atoms with Crippen LogP contribution in [0.4, 0.5) is 8.78 Å². The number of hydrogen-bond donors (Lipinski definition) is 2. The first-order valence-electron chi connectivity index (χ1n) is 8.90. The Balaban J connectivity index is 1.83. The van der Waals surface area contributed by atoms with Gasteiger partial charge < -0.3 is 11.1 Å². The van der Waals surface area contributed by atoms with Crippen LogP contribution in [-0.4, -0.2) is 27.8 Å². The lowest BCUT2D eigenvalue weighted by atomic mass is 9.79. The van der Waals surface area contributed by atoms with Gasteiger partial charge in [-0.25, -0.2) is 9.37 Å². The number of benzene rings is 1. The maximum atomic E-state index is 13.5. The summed E-state index contributed by atoms with van der Waals surface area (Å²) in [5, 5.41) is 3.36. The predicted molar refractivity (Wildman–Crippen MR) is 103 cm³/mol. The highest BCUT2D eigenvalue weighted by atomic mass is 19.1. The Labute approximate surface area is 165 Å². The summed E-state index contributed by atoms with van der Waals surface area (Å²) in [5.41, 5.74) is 6.56. The van der Waals surface area contributed by atoms with E-state index < -0.39 is 17.4 Å². The van der Waals surface area contributed by atoms with Crippen molar-refractivity contribution in [3.05, 3.63) is 95.1 Å². The van der Waals surface area contributed by atoms with Gasteiger partial charge in [-0.1, -0.05) is 18.2 Å². The largest absolute Gasteiger partial charge is 0.366 e. The first-order valence-corrected chi connectivity index (χ1v) is 8.90. The number of halogens is 2. The number of nitrogens with two attached hydrogens (primary N) is 1. The summed E-state index contributed by atoms with van der Waals surface area (Å²) in [7, 11) is 0. The Kier molecular flexibility index (Phi) is 4.54. The van der Waals surface area contributed by atoms with Crippen LogP contribution in [0.1, 0.15) is 34.1 Å². The molecule has 29 heavy (non-hydrogen) atoms. The van der Waals surface area contributed by atoms with Gasteiger partial charge in [-0.15, -0.1) is 0 Å². The molecule has 0 saturated carbocycles. The zero-order valence-electron chi connectivity index (χ0n) is 15.4. The van der Waals surface area contributed by atoms with Crippen LogP contribution in [-0.2, 0) is 5.54 Å². The van der Waals surface area contributed by atoms with E-state index in [2.05, 4.69) is 20.3 Å². The fourth-order valence-electron chi connectivity index (χ4n) is 3.57. The Morgan fingerprint density at radius 1 is 1.07 bits per heavy atom. The van der Waals surface area contributed by atoms with E-state index in [-0.39, 0.29) is 11.9 Å². The van der Waals surface area contributed by atoms with E-state index in [9.17, 15) is 13.6 Å². The van der Waals surface area contributed by atoms with Gasteiger partial charge in [0.25, 0.3) is 0 Å². The number of carbonyl (C=O) groups is 1. The molecule has 4 rings (SSSR count). The number of rotatable bonds is 4. The zero-order valence-corrected chi connectivity index (χ0v) is 15.4. The highest BCUT2D eigenvalue weighted by molar-refractivity contribution is 6.02. The molecular weight excluding hydrogens is 376 g/mol. The number of hydrogen-bond acceptors (Lipinski definition) is 5. The Morgan fingerprint density at radius 2 is 1.79 bits per heavy atom. The molecule has 1 aliphatic rings. The Hall–Kier alpha value is -3.68. The second-order valence-electron chi connectivity index (χ2n) is 6.76. The number of aliphatic imine (C=N–C) groups is 1. The van der Waals surface area contributed by atoms with Crippen LogP contribution in [0.5, 0.6) is 0 Å². The standard InChI is InChI=1S/C21H17F2N5O/c1-12-21(14-2-5-16(22)6-3-14,15-4-7-18(23)26-11-15)28-20(27-12)17-10-13(19(24)29)8-9-25-17/h2-12H,1H3,(H2,24,29)(H,27,28)/t12-,21-/m0/s1. The van der Waals surface area contributed by atoms with Gasteiger partial charge in [-0.2, -0.15) is 4.39 Å². The number of nitrogens with zero attached hydrogens (tertiary/aromatic N) is 3. The molecule has 6 nitrogen and oxygen atoms in total. The predicted octanol–water partition coefficient (Wildman–Crippen LogP) is 2.54. The minimum atomic E-state index is -0.922. The van der Waals surface area contributed by atoms with E-state index in [1.165, 1.54) is 36.7 Å². The van der Waals surface area contributed by atoms with Gasteiger partial charge >= 0.3 is 0 Å². The van der Waals surface area contributed by atoms with Crippen molar-refractivity contribution in [1.29, 1.82) is 0 Å². The molecule has 2 atom stereocenters. The van der Waals surface area contributed by atoms with Crippen molar-refractivity contribution in [2.75, 3.05) is 0 Å². The van der Waals surface area contributed by atoms with Gasteiger partial charge in [0.2, 0.25) is 11.9 Å². The van der Waals surface area contributed by atoms with E-state index in [0.717, 1.165) is 5.56 Å². The SMILES string of the molecule is C[C@@H]1N=C(c2cc(C(N)=O)ccn2)N[C@@]1(c1ccc(F)cc1)c1ccc(F)nc1. The monoisotopic (exact) mass is 393 g/mol. The number of nitrogens with one attached hydrogen (secondary N) is 1. The molecule has 0 saturated heterocycles. The lowest BCUT2D eigenvalue weighted by molar-refractivity contribution is 0.1000. The lowest BCUT2D eigenvalue weighted by Crippen LogP contribution is -2.48. The maximum Gasteiger partial charge on any atom is 0.248 e. The molecule has 1 aromatic carbocycles. The summed E-state index contributed by atoms with van der Waals surface area (Å²) >= 11 is 0. The number of amidine groups is 1. The van der Waals surface area contributed by atoms with Crippen molar-refractivity contribution in [1.82, 2.24) is 15.3 Å². The molecule has 146 valence electrons. The van der Waals surface area contributed by atoms with Crippen LogP contribution < -0.4 is 11.1 Å². The van der Waals surface area contributed by atoms with Gasteiger partial charge in [0.1, 0.15) is 22.9 Å². The van der Waals surface area contributed by atoms with Crippen molar-refractivity contribution < 1.29 is 13.6 Å². The normalized spacial score (nSPS) is 20.8. The number of amides is 1. The summed E-state index contributed by atoms with van der Waals surface area (Å²) in [6.45, 7) is 1.88. The molecule has 3 aromatic rings. The molecule has 8 heteroatoms. The molecule has 0 radical (unpaired) electrons. The molecular formula is C21H17F2N5O. The smallest absolute Gasteiger partial charge is 0.248 e. The van der Waals surface area contributed by atoms with Crippen molar-refractivity contribution >= 4 is 11.7 Å². The van der Waals surface area contributed by atoms with Gasteiger partial charge in [0, 0.05) is 23.5 Å². The third kappa shape index (κ3) is 3.22. The van der Waals surface area contributed by atoms with Crippen LogP contribution in [0.15, 0.2) is 65.9 Å². The summed E-state index contributed by atoms with van der Waals surface area (Å²) < 4.78 is 27.0. The summed E-state index contributed by atoms with van der Waals surface area (Å²) in [6, 6.07) is 11.6. The molecule has 0 bridgehead atoms. The topological polar surface area (TPSA) is 93.3 Å². The Bertz CT molecular complexity index is 1050. The minimum absolute atomic E-state index is 0.301. The highest BCUT2D eigenvalue weighted by Crippen LogP contribution is 2.38. The van der Waals surface area contributed by atoms with Crippen LogP contribution >= 0.6 is 0 Å². The molecule has 0 spiro atoms. The van der Waals surface area contributed by atoms with E-state index in [4.69, 9.17) is 5.73 Å². The molecule has 3 heterocycles. The fraction of sp³-hybridized carbons (Fsp3) is 0.143. The Morgan fingerprint density at radius 3 is 2.45 bits per heavy atom. The quantitative estimate of drug-likeness (QED) is 0.666. The lowest BCUT2D eigenvalue weighted by Gasteiger charge is -2.34. The molecule has 1 aliphatic heterocycles. The third-order valence-electron chi connectivity index (χ3n) is 5.03. The molecule has 3 N–H and O–H groups in total. The van der Waals surface area contributed by atoms with Gasteiger partial charge in [0.05, 0.1) is 6.04 Å². The van der Waals surface area contributed by atoms with E-state index in [0.29, 0.717) is 22.7 Å². The van der Waals surface area contributed by atoms with Crippen molar-refractivity contribution in [3.8, 4) is 0 Å². The van der Waals surface area contributed by atoms with Crippen molar-refractivity contribution in [3.63, 3.8) is 0 Å². The highest BCUT2D eigenvalue weighted by Gasteiger charge is 2.45. The van der Waals surface area contributed by atoms with Gasteiger partial charge in [0.15, 0.2) is 0 Å². The maximum absolute atomic E-state index is 13.5. The number of carbonyl (C=O) groups excluding carboxylic acids is 1. The average Bonchev–Trinajstić information content (AvgIpc) is 3.07.